The minimum atomic E-state index is -0.0136. The van der Waals surface area contributed by atoms with Gasteiger partial charge in [0.1, 0.15) is 0 Å². The average Bonchev–Trinajstić information content (AvgIpc) is 2.96. The molecule has 3 rings (SSSR count). The number of aryl methyl sites for hydroxylation is 1. The standard InChI is InChI=1S/C16H19N3O/c1-11(2)13-10-14(18-17-13)16(20)19-9-5-7-12-6-3-4-8-15(12)19/h3-4,6,8,10-11H,5,7,9H2,1-2H3,(H,17,18). The lowest BCUT2D eigenvalue weighted by molar-refractivity contribution is 0.0980. The first-order valence-corrected chi connectivity index (χ1v) is 7.12. The predicted octanol–water partition coefficient (Wildman–Crippen LogP) is 3.13. The van der Waals surface area contributed by atoms with Gasteiger partial charge in [0, 0.05) is 17.9 Å². The molecule has 20 heavy (non-hydrogen) atoms. The van der Waals surface area contributed by atoms with E-state index in [0.717, 1.165) is 30.8 Å². The second-order valence-electron chi connectivity index (χ2n) is 5.55. The number of hydrogen-bond donors (Lipinski definition) is 1. The first-order chi connectivity index (χ1) is 9.66. The molecule has 1 amide bonds. The molecular weight excluding hydrogens is 250 g/mol. The molecule has 0 bridgehead atoms. The van der Waals surface area contributed by atoms with Crippen LogP contribution in [0, 0.1) is 0 Å². The van der Waals surface area contributed by atoms with E-state index >= 15 is 0 Å². The van der Waals surface area contributed by atoms with Gasteiger partial charge < -0.3 is 4.90 Å². The quantitative estimate of drug-likeness (QED) is 0.910. The smallest absolute Gasteiger partial charge is 0.278 e. The molecule has 1 N–H and O–H groups in total. The van der Waals surface area contributed by atoms with Gasteiger partial charge in [0.25, 0.3) is 5.91 Å². The SMILES string of the molecule is CC(C)c1cc(C(=O)N2CCCc3ccccc32)n[nH]1. The van der Waals surface area contributed by atoms with Gasteiger partial charge in [-0.3, -0.25) is 9.89 Å². The highest BCUT2D eigenvalue weighted by molar-refractivity contribution is 6.05. The maximum absolute atomic E-state index is 12.6. The summed E-state index contributed by atoms with van der Waals surface area (Å²) in [5.41, 5.74) is 3.77. The van der Waals surface area contributed by atoms with Gasteiger partial charge in [-0.1, -0.05) is 32.0 Å². The zero-order valence-electron chi connectivity index (χ0n) is 11.9. The highest BCUT2D eigenvalue weighted by Gasteiger charge is 2.25. The van der Waals surface area contributed by atoms with E-state index in [9.17, 15) is 4.79 Å². The molecule has 0 fully saturated rings. The number of rotatable bonds is 2. The maximum Gasteiger partial charge on any atom is 0.278 e. The van der Waals surface area contributed by atoms with Gasteiger partial charge >= 0.3 is 0 Å². The van der Waals surface area contributed by atoms with E-state index in [2.05, 4.69) is 30.1 Å². The Labute approximate surface area is 118 Å². The number of para-hydroxylation sites is 1. The number of H-pyrrole nitrogens is 1. The van der Waals surface area contributed by atoms with Crippen molar-refractivity contribution in [2.75, 3.05) is 11.4 Å². The summed E-state index contributed by atoms with van der Waals surface area (Å²) in [6, 6.07) is 9.98. The Bertz CT molecular complexity index is 630. The van der Waals surface area contributed by atoms with Crippen LogP contribution in [0.15, 0.2) is 30.3 Å². The van der Waals surface area contributed by atoms with E-state index in [1.54, 1.807) is 0 Å². The minimum absolute atomic E-state index is 0.0136. The van der Waals surface area contributed by atoms with Crippen LogP contribution in [0.4, 0.5) is 5.69 Å². The molecule has 0 atom stereocenters. The lowest BCUT2D eigenvalue weighted by Crippen LogP contribution is -2.35. The summed E-state index contributed by atoms with van der Waals surface area (Å²) < 4.78 is 0. The van der Waals surface area contributed by atoms with Crippen LogP contribution in [0.2, 0.25) is 0 Å². The van der Waals surface area contributed by atoms with Gasteiger partial charge in [-0.15, -0.1) is 0 Å². The van der Waals surface area contributed by atoms with Crippen LogP contribution in [-0.2, 0) is 6.42 Å². The molecule has 1 aliphatic rings. The highest BCUT2D eigenvalue weighted by Crippen LogP contribution is 2.28. The molecule has 1 aliphatic heterocycles. The van der Waals surface area contributed by atoms with Crippen LogP contribution >= 0.6 is 0 Å². The predicted molar refractivity (Wildman–Crippen MR) is 79.1 cm³/mol. The van der Waals surface area contributed by atoms with Gasteiger partial charge in [-0.05, 0) is 36.5 Å². The monoisotopic (exact) mass is 269 g/mol. The number of nitrogens with zero attached hydrogens (tertiary/aromatic N) is 2. The van der Waals surface area contributed by atoms with Crippen molar-refractivity contribution in [1.29, 1.82) is 0 Å². The molecule has 2 aromatic rings. The topological polar surface area (TPSA) is 49.0 Å². The molecule has 2 heterocycles. The van der Waals surface area contributed by atoms with Gasteiger partial charge in [-0.2, -0.15) is 5.10 Å². The van der Waals surface area contributed by atoms with Crippen molar-refractivity contribution in [1.82, 2.24) is 10.2 Å². The summed E-state index contributed by atoms with van der Waals surface area (Å²) in [5.74, 6) is 0.331. The maximum atomic E-state index is 12.6. The lowest BCUT2D eigenvalue weighted by Gasteiger charge is -2.28. The van der Waals surface area contributed by atoms with E-state index in [1.165, 1.54) is 5.56 Å². The van der Waals surface area contributed by atoms with E-state index in [1.807, 2.05) is 29.2 Å². The first-order valence-electron chi connectivity index (χ1n) is 7.12. The van der Waals surface area contributed by atoms with E-state index in [4.69, 9.17) is 0 Å². The molecule has 0 saturated heterocycles. The molecule has 1 aromatic heterocycles. The minimum Gasteiger partial charge on any atom is -0.307 e. The normalized spacial score (nSPS) is 14.4. The average molecular weight is 269 g/mol. The number of anilines is 1. The van der Waals surface area contributed by atoms with Gasteiger partial charge in [0.15, 0.2) is 5.69 Å². The second kappa shape index (κ2) is 5.12. The molecule has 0 aliphatic carbocycles. The second-order valence-corrected chi connectivity index (χ2v) is 5.55. The number of benzene rings is 1. The fourth-order valence-corrected chi connectivity index (χ4v) is 2.62. The van der Waals surface area contributed by atoms with Gasteiger partial charge in [0.05, 0.1) is 0 Å². The lowest BCUT2D eigenvalue weighted by atomic mass is 10.0. The van der Waals surface area contributed by atoms with Crippen molar-refractivity contribution in [3.63, 3.8) is 0 Å². The largest absolute Gasteiger partial charge is 0.307 e. The summed E-state index contributed by atoms with van der Waals surface area (Å²) in [7, 11) is 0. The van der Waals surface area contributed by atoms with Gasteiger partial charge in [0.2, 0.25) is 0 Å². The number of aromatic amines is 1. The van der Waals surface area contributed by atoms with Crippen LogP contribution in [-0.4, -0.2) is 22.6 Å². The highest BCUT2D eigenvalue weighted by atomic mass is 16.2. The number of aromatic nitrogens is 2. The Morgan fingerprint density at radius 2 is 2.15 bits per heavy atom. The molecule has 104 valence electrons. The number of carbonyl (C=O) groups excluding carboxylic acids is 1. The van der Waals surface area contributed by atoms with Gasteiger partial charge in [-0.25, -0.2) is 0 Å². The summed E-state index contributed by atoms with van der Waals surface area (Å²) in [6.45, 7) is 4.93. The fraction of sp³-hybridized carbons (Fsp3) is 0.375. The van der Waals surface area contributed by atoms with Crippen molar-refractivity contribution >= 4 is 11.6 Å². The van der Waals surface area contributed by atoms with Crippen molar-refractivity contribution in [2.45, 2.75) is 32.6 Å². The van der Waals surface area contributed by atoms with Crippen LogP contribution in [0.3, 0.4) is 0 Å². The van der Waals surface area contributed by atoms with Crippen LogP contribution in [0.1, 0.15) is 47.9 Å². The van der Waals surface area contributed by atoms with Crippen molar-refractivity contribution < 1.29 is 4.79 Å². The van der Waals surface area contributed by atoms with Crippen molar-refractivity contribution in [3.8, 4) is 0 Å². The molecule has 0 spiro atoms. The van der Waals surface area contributed by atoms with Crippen LogP contribution in [0.25, 0.3) is 0 Å². The first kappa shape index (κ1) is 12.9. The van der Waals surface area contributed by atoms with Crippen molar-refractivity contribution in [2.24, 2.45) is 0 Å². The number of amides is 1. The molecule has 0 radical (unpaired) electrons. The summed E-state index contributed by atoms with van der Waals surface area (Å²) in [4.78, 5) is 14.5. The van der Waals surface area contributed by atoms with E-state index in [-0.39, 0.29) is 5.91 Å². The fourth-order valence-electron chi connectivity index (χ4n) is 2.62. The third kappa shape index (κ3) is 2.22. The summed E-state index contributed by atoms with van der Waals surface area (Å²) >= 11 is 0. The van der Waals surface area contributed by atoms with E-state index in [0.29, 0.717) is 11.6 Å². The van der Waals surface area contributed by atoms with Crippen molar-refractivity contribution in [3.05, 3.63) is 47.3 Å². The molecule has 4 nitrogen and oxygen atoms in total. The summed E-state index contributed by atoms with van der Waals surface area (Å²) in [5, 5.41) is 7.12. The van der Waals surface area contributed by atoms with Crippen LogP contribution in [0.5, 0.6) is 0 Å². The Morgan fingerprint density at radius 1 is 1.35 bits per heavy atom. The van der Waals surface area contributed by atoms with E-state index < -0.39 is 0 Å². The molecule has 4 heteroatoms. The third-order valence-corrected chi connectivity index (χ3v) is 3.79. The molecule has 1 aromatic carbocycles. The Hall–Kier alpha value is -2.10. The molecule has 0 saturated carbocycles. The zero-order valence-corrected chi connectivity index (χ0v) is 11.9. The number of carbonyl (C=O) groups is 1. The number of hydrogen-bond acceptors (Lipinski definition) is 2. The third-order valence-electron chi connectivity index (χ3n) is 3.79. The molecule has 0 unspecified atom stereocenters. The van der Waals surface area contributed by atoms with Crippen LogP contribution < -0.4 is 4.90 Å². The summed E-state index contributed by atoms with van der Waals surface area (Å²) in [6.07, 6.45) is 2.04. The Balaban J connectivity index is 1.91. The zero-order chi connectivity index (χ0) is 14.1. The Morgan fingerprint density at radius 3 is 2.90 bits per heavy atom. The Kier molecular flexibility index (Phi) is 3.30. The molecular formula is C16H19N3O. The number of fused-ring (bicyclic) bond motifs is 1. The number of nitrogens with one attached hydrogen (secondary N) is 1.